The van der Waals surface area contributed by atoms with Gasteiger partial charge < -0.3 is 4.74 Å². The quantitative estimate of drug-likeness (QED) is 0.727. The Morgan fingerprint density at radius 1 is 1.23 bits per heavy atom. The fourth-order valence-electron chi connectivity index (χ4n) is 3.32. The van der Waals surface area contributed by atoms with Gasteiger partial charge in [-0.05, 0) is 35.4 Å². The van der Waals surface area contributed by atoms with Crippen LogP contribution in [-0.4, -0.2) is 34.9 Å². The number of hydrazone groups is 1. The molecule has 132 valence electrons. The molecule has 0 bridgehead atoms. The molecule has 1 atom stereocenters. The van der Waals surface area contributed by atoms with E-state index >= 15 is 0 Å². The molecule has 0 spiro atoms. The maximum absolute atomic E-state index is 12.8. The van der Waals surface area contributed by atoms with Crippen LogP contribution in [0.3, 0.4) is 0 Å². The lowest BCUT2D eigenvalue weighted by molar-refractivity contribution is 0.290. The van der Waals surface area contributed by atoms with Crippen molar-refractivity contribution in [1.82, 2.24) is 14.6 Å². The fourth-order valence-corrected chi connectivity index (χ4v) is 3.32. The maximum atomic E-state index is 12.8. The van der Waals surface area contributed by atoms with Gasteiger partial charge in [0.2, 0.25) is 0 Å². The molecule has 6 nitrogen and oxygen atoms in total. The van der Waals surface area contributed by atoms with Crippen LogP contribution in [0, 0.1) is 0 Å². The topological polar surface area (TPSA) is 59.7 Å². The highest BCUT2D eigenvalue weighted by atomic mass is 16.5. The van der Waals surface area contributed by atoms with Crippen LogP contribution in [0.2, 0.25) is 0 Å². The normalized spacial score (nSPS) is 16.4. The number of hydrogen-bond donors (Lipinski definition) is 0. The van der Waals surface area contributed by atoms with Crippen LogP contribution >= 0.6 is 0 Å². The lowest BCUT2D eigenvalue weighted by Gasteiger charge is -2.19. The number of fused-ring (bicyclic) bond motifs is 1. The molecule has 2 heterocycles. The smallest absolute Gasteiger partial charge is 0.261 e. The molecular formula is C20H20N4O2. The Hall–Kier alpha value is -3.15. The van der Waals surface area contributed by atoms with Gasteiger partial charge in [-0.15, -0.1) is 0 Å². The number of aromatic nitrogens is 2. The van der Waals surface area contributed by atoms with Crippen LogP contribution in [-0.2, 0) is 6.54 Å². The summed E-state index contributed by atoms with van der Waals surface area (Å²) < 4.78 is 6.87. The average molecular weight is 348 g/mol. The Morgan fingerprint density at radius 2 is 2.12 bits per heavy atom. The molecular weight excluding hydrogens is 328 g/mol. The van der Waals surface area contributed by atoms with Crippen molar-refractivity contribution in [3.8, 4) is 5.75 Å². The maximum Gasteiger partial charge on any atom is 0.261 e. The lowest BCUT2D eigenvalue weighted by atomic mass is 10.0. The van der Waals surface area contributed by atoms with Crippen molar-refractivity contribution in [3.05, 3.63) is 70.3 Å². The summed E-state index contributed by atoms with van der Waals surface area (Å²) in [6, 6.07) is 13.8. The molecule has 0 saturated carbocycles. The number of benzene rings is 2. The first-order valence-corrected chi connectivity index (χ1v) is 8.53. The van der Waals surface area contributed by atoms with Gasteiger partial charge in [0.15, 0.2) is 0 Å². The molecule has 1 aliphatic rings. The Kier molecular flexibility index (Phi) is 4.16. The Bertz CT molecular complexity index is 1040. The Labute approximate surface area is 151 Å². The first-order chi connectivity index (χ1) is 12.7. The van der Waals surface area contributed by atoms with Crippen LogP contribution in [0.1, 0.15) is 23.6 Å². The molecule has 1 unspecified atom stereocenters. The van der Waals surface area contributed by atoms with E-state index in [1.54, 1.807) is 18.0 Å². The molecule has 6 heteroatoms. The van der Waals surface area contributed by atoms with E-state index in [-0.39, 0.29) is 11.6 Å². The third kappa shape index (κ3) is 2.94. The van der Waals surface area contributed by atoms with E-state index in [1.165, 1.54) is 0 Å². The van der Waals surface area contributed by atoms with Gasteiger partial charge in [-0.3, -0.25) is 14.4 Å². The van der Waals surface area contributed by atoms with Gasteiger partial charge in [0.25, 0.3) is 5.56 Å². The van der Waals surface area contributed by atoms with E-state index in [1.807, 2.05) is 60.7 Å². The highest BCUT2D eigenvalue weighted by Crippen LogP contribution is 2.27. The van der Waals surface area contributed by atoms with E-state index in [0.717, 1.165) is 28.8 Å². The number of hydrogen-bond acceptors (Lipinski definition) is 5. The van der Waals surface area contributed by atoms with Crippen LogP contribution in [0.4, 0.5) is 0 Å². The van der Waals surface area contributed by atoms with Crippen molar-refractivity contribution in [2.75, 3.05) is 14.2 Å². The van der Waals surface area contributed by atoms with Gasteiger partial charge in [0, 0.05) is 19.7 Å². The summed E-state index contributed by atoms with van der Waals surface area (Å²) in [5.74, 6) is 0.775. The molecule has 4 rings (SSSR count). The SMILES string of the molecule is COc1cccc(Cn2cnc3cc(C4CC=NN4C)ccc3c2=O)c1. The number of methoxy groups -OCH3 is 1. The minimum Gasteiger partial charge on any atom is -0.497 e. The van der Waals surface area contributed by atoms with Crippen LogP contribution in [0.25, 0.3) is 10.9 Å². The zero-order chi connectivity index (χ0) is 18.1. The van der Waals surface area contributed by atoms with Crippen LogP contribution in [0.5, 0.6) is 5.75 Å². The van der Waals surface area contributed by atoms with E-state index < -0.39 is 0 Å². The van der Waals surface area contributed by atoms with Crippen molar-refractivity contribution in [2.45, 2.75) is 19.0 Å². The molecule has 0 N–H and O–H groups in total. The summed E-state index contributed by atoms with van der Waals surface area (Å²) in [5.41, 5.74) is 2.79. The molecule has 0 aliphatic carbocycles. The average Bonchev–Trinajstić information content (AvgIpc) is 3.10. The number of ether oxygens (including phenoxy) is 1. The predicted octanol–water partition coefficient (Wildman–Crippen LogP) is 2.82. The van der Waals surface area contributed by atoms with E-state index in [0.29, 0.717) is 11.9 Å². The molecule has 0 saturated heterocycles. The van der Waals surface area contributed by atoms with Gasteiger partial charge in [-0.25, -0.2) is 4.98 Å². The standard InChI is InChI=1S/C20H20N4O2/c1-23-19(8-9-22-23)15-6-7-17-18(11-15)21-13-24(20(17)25)12-14-4-3-5-16(10-14)26-2/h3-7,9-11,13,19H,8,12H2,1-2H3. The van der Waals surface area contributed by atoms with Crippen LogP contribution < -0.4 is 10.3 Å². The minimum atomic E-state index is -0.0413. The van der Waals surface area contributed by atoms with Crippen molar-refractivity contribution in [2.24, 2.45) is 5.10 Å². The summed E-state index contributed by atoms with van der Waals surface area (Å²) >= 11 is 0. The molecule has 26 heavy (non-hydrogen) atoms. The minimum absolute atomic E-state index is 0.0413. The third-order valence-corrected chi connectivity index (χ3v) is 4.76. The Balaban J connectivity index is 1.67. The number of nitrogens with zero attached hydrogens (tertiary/aromatic N) is 4. The number of rotatable bonds is 4. The zero-order valence-corrected chi connectivity index (χ0v) is 14.8. The fraction of sp³-hybridized carbons (Fsp3) is 0.250. The van der Waals surface area contributed by atoms with Gasteiger partial charge in [0.05, 0.1) is 36.9 Å². The third-order valence-electron chi connectivity index (χ3n) is 4.76. The summed E-state index contributed by atoms with van der Waals surface area (Å²) in [7, 11) is 3.59. The molecule has 2 aromatic carbocycles. The van der Waals surface area contributed by atoms with Crippen LogP contribution in [0.15, 0.2) is 58.7 Å². The molecule has 1 aliphatic heterocycles. The Morgan fingerprint density at radius 3 is 2.88 bits per heavy atom. The first kappa shape index (κ1) is 16.3. The summed E-state index contributed by atoms with van der Waals surface area (Å²) in [6.45, 7) is 0.458. The van der Waals surface area contributed by atoms with Gasteiger partial charge in [0.1, 0.15) is 5.75 Å². The molecule has 0 radical (unpaired) electrons. The predicted molar refractivity (Wildman–Crippen MR) is 102 cm³/mol. The first-order valence-electron chi connectivity index (χ1n) is 8.53. The van der Waals surface area contributed by atoms with E-state index in [2.05, 4.69) is 10.1 Å². The second kappa shape index (κ2) is 6.63. The summed E-state index contributed by atoms with van der Waals surface area (Å²) in [6.07, 6.45) is 4.39. The van der Waals surface area contributed by atoms with Crippen molar-refractivity contribution in [1.29, 1.82) is 0 Å². The summed E-state index contributed by atoms with van der Waals surface area (Å²) in [5, 5.41) is 6.84. The molecule has 0 fully saturated rings. The second-order valence-corrected chi connectivity index (χ2v) is 6.43. The molecule has 3 aromatic rings. The second-order valence-electron chi connectivity index (χ2n) is 6.43. The van der Waals surface area contributed by atoms with E-state index in [9.17, 15) is 4.79 Å². The zero-order valence-electron chi connectivity index (χ0n) is 14.8. The van der Waals surface area contributed by atoms with Crippen molar-refractivity contribution < 1.29 is 4.74 Å². The molecule has 1 aromatic heterocycles. The van der Waals surface area contributed by atoms with Gasteiger partial charge in [-0.1, -0.05) is 18.2 Å². The van der Waals surface area contributed by atoms with Crippen molar-refractivity contribution >= 4 is 17.1 Å². The van der Waals surface area contributed by atoms with E-state index in [4.69, 9.17) is 4.74 Å². The largest absolute Gasteiger partial charge is 0.497 e. The monoisotopic (exact) mass is 348 g/mol. The van der Waals surface area contributed by atoms with Gasteiger partial charge in [-0.2, -0.15) is 5.10 Å². The highest BCUT2D eigenvalue weighted by molar-refractivity contribution is 5.78. The van der Waals surface area contributed by atoms with Gasteiger partial charge >= 0.3 is 0 Å². The van der Waals surface area contributed by atoms with Crippen molar-refractivity contribution in [3.63, 3.8) is 0 Å². The highest BCUT2D eigenvalue weighted by Gasteiger charge is 2.20. The molecule has 0 amide bonds. The lowest BCUT2D eigenvalue weighted by Crippen LogP contribution is -2.21. The summed E-state index contributed by atoms with van der Waals surface area (Å²) in [4.78, 5) is 17.4.